The number of ether oxygens (including phenoxy) is 1. The smallest absolute Gasteiger partial charge is 0.407 e. The Hall–Kier alpha value is -4.14. The lowest BCUT2D eigenvalue weighted by Crippen LogP contribution is -2.36. The first-order valence-electron chi connectivity index (χ1n) is 11.6. The molecule has 3 N–H and O–H groups in total. The van der Waals surface area contributed by atoms with Gasteiger partial charge in [-0.1, -0.05) is 61.9 Å². The monoisotopic (exact) mass is 476 g/mol. The fourth-order valence-electron chi connectivity index (χ4n) is 4.45. The molecule has 0 fully saturated rings. The van der Waals surface area contributed by atoms with Gasteiger partial charge in [0.2, 0.25) is 5.91 Å². The molecule has 1 heterocycles. The third kappa shape index (κ3) is 5.18. The van der Waals surface area contributed by atoms with Crippen molar-refractivity contribution in [3.05, 3.63) is 71.4 Å². The van der Waals surface area contributed by atoms with Crippen LogP contribution in [0.25, 0.3) is 11.1 Å². The summed E-state index contributed by atoms with van der Waals surface area (Å²) in [6.45, 7) is 2.23. The van der Waals surface area contributed by atoms with Crippen molar-refractivity contribution in [1.29, 1.82) is 0 Å². The Morgan fingerprint density at radius 2 is 1.71 bits per heavy atom. The highest BCUT2D eigenvalue weighted by Crippen LogP contribution is 2.44. The Kier molecular flexibility index (Phi) is 7.14. The molecule has 0 saturated carbocycles. The van der Waals surface area contributed by atoms with E-state index in [0.29, 0.717) is 6.42 Å². The van der Waals surface area contributed by atoms with Gasteiger partial charge in [0.15, 0.2) is 5.69 Å². The highest BCUT2D eigenvalue weighted by atomic mass is 16.5. The van der Waals surface area contributed by atoms with Gasteiger partial charge in [-0.05, 0) is 28.7 Å². The molecule has 2 amide bonds. The minimum Gasteiger partial charge on any atom is -0.476 e. The number of fused-ring (bicyclic) bond motifs is 3. The number of rotatable bonds is 9. The number of aryl methyl sites for hydroxylation is 1. The number of carbonyl (C=O) groups is 3. The second-order valence-electron chi connectivity index (χ2n) is 8.52. The molecule has 3 aromatic rings. The molecule has 1 unspecified atom stereocenters. The van der Waals surface area contributed by atoms with Crippen LogP contribution in [0.1, 0.15) is 47.3 Å². The largest absolute Gasteiger partial charge is 0.476 e. The summed E-state index contributed by atoms with van der Waals surface area (Å²) in [6, 6.07) is 17.5. The van der Waals surface area contributed by atoms with E-state index in [9.17, 15) is 14.4 Å². The molecule has 0 bridgehead atoms. The van der Waals surface area contributed by atoms with Gasteiger partial charge in [0, 0.05) is 25.6 Å². The van der Waals surface area contributed by atoms with Crippen LogP contribution in [0, 0.1) is 5.92 Å². The maximum atomic E-state index is 12.8. The molecule has 0 saturated heterocycles. The average Bonchev–Trinajstić information content (AvgIpc) is 3.38. The van der Waals surface area contributed by atoms with Crippen molar-refractivity contribution in [2.24, 2.45) is 13.0 Å². The molecule has 2 aromatic carbocycles. The number of amides is 2. The number of carboxylic acid groups (broad SMARTS) is 1. The molecular weight excluding hydrogens is 448 g/mol. The van der Waals surface area contributed by atoms with E-state index in [-0.39, 0.29) is 36.5 Å². The lowest BCUT2D eigenvalue weighted by molar-refractivity contribution is -0.120. The van der Waals surface area contributed by atoms with Gasteiger partial charge in [-0.15, -0.1) is 0 Å². The summed E-state index contributed by atoms with van der Waals surface area (Å²) in [5, 5.41) is 18.3. The Balaban J connectivity index is 1.35. The number of alkyl carbamates (subject to hydrolysis) is 1. The summed E-state index contributed by atoms with van der Waals surface area (Å²) in [5.41, 5.74) is 4.39. The van der Waals surface area contributed by atoms with Gasteiger partial charge in [-0.2, -0.15) is 5.10 Å². The van der Waals surface area contributed by atoms with Crippen LogP contribution >= 0.6 is 0 Å². The molecule has 1 aliphatic carbocycles. The zero-order valence-corrected chi connectivity index (χ0v) is 19.7. The van der Waals surface area contributed by atoms with Crippen LogP contribution in [-0.2, 0) is 16.6 Å². The van der Waals surface area contributed by atoms with Crippen LogP contribution in [0.5, 0.6) is 0 Å². The number of carboxylic acids is 1. The summed E-state index contributed by atoms with van der Waals surface area (Å²) >= 11 is 0. The number of carbonyl (C=O) groups excluding carboxylic acids is 2. The fourth-order valence-corrected chi connectivity index (χ4v) is 4.45. The van der Waals surface area contributed by atoms with Gasteiger partial charge < -0.3 is 20.5 Å². The molecule has 1 aliphatic rings. The van der Waals surface area contributed by atoms with Gasteiger partial charge in [0.05, 0.1) is 5.92 Å². The van der Waals surface area contributed by atoms with Crippen molar-refractivity contribution in [3.63, 3.8) is 0 Å². The Morgan fingerprint density at radius 1 is 1.09 bits per heavy atom. The first-order chi connectivity index (χ1) is 16.9. The average molecular weight is 477 g/mol. The Bertz CT molecular complexity index is 1210. The molecule has 1 atom stereocenters. The maximum absolute atomic E-state index is 12.8. The zero-order chi connectivity index (χ0) is 24.9. The number of anilines is 1. The minimum absolute atomic E-state index is 0.0452. The van der Waals surface area contributed by atoms with E-state index in [2.05, 4.69) is 40.0 Å². The zero-order valence-electron chi connectivity index (χ0n) is 19.7. The van der Waals surface area contributed by atoms with Crippen LogP contribution < -0.4 is 10.6 Å². The molecule has 182 valence electrons. The number of hydrogen-bond donors (Lipinski definition) is 3. The molecule has 0 aliphatic heterocycles. The number of benzene rings is 2. The summed E-state index contributed by atoms with van der Waals surface area (Å²) in [7, 11) is 1.55. The van der Waals surface area contributed by atoms with Gasteiger partial charge >= 0.3 is 12.1 Å². The number of hydrogen-bond acceptors (Lipinski definition) is 5. The molecule has 9 nitrogen and oxygen atoms in total. The molecule has 9 heteroatoms. The first-order valence-corrected chi connectivity index (χ1v) is 11.6. The van der Waals surface area contributed by atoms with Crippen LogP contribution in [0.2, 0.25) is 0 Å². The van der Waals surface area contributed by atoms with Crippen LogP contribution in [0.15, 0.2) is 54.6 Å². The van der Waals surface area contributed by atoms with Crippen LogP contribution in [0.4, 0.5) is 10.6 Å². The van der Waals surface area contributed by atoms with E-state index in [1.54, 1.807) is 7.05 Å². The predicted molar refractivity (Wildman–Crippen MR) is 130 cm³/mol. The van der Waals surface area contributed by atoms with Gasteiger partial charge in [-0.3, -0.25) is 9.48 Å². The number of nitrogens with one attached hydrogen (secondary N) is 2. The van der Waals surface area contributed by atoms with Crippen molar-refractivity contribution in [2.75, 3.05) is 18.5 Å². The minimum atomic E-state index is -1.18. The van der Waals surface area contributed by atoms with Crippen molar-refractivity contribution in [1.82, 2.24) is 15.1 Å². The summed E-state index contributed by atoms with van der Waals surface area (Å²) in [6.07, 6.45) is 0.685. The summed E-state index contributed by atoms with van der Waals surface area (Å²) in [4.78, 5) is 36.4. The van der Waals surface area contributed by atoms with Crippen molar-refractivity contribution in [3.8, 4) is 11.1 Å². The summed E-state index contributed by atoms with van der Waals surface area (Å²) < 4.78 is 6.85. The van der Waals surface area contributed by atoms with E-state index >= 15 is 0 Å². The highest BCUT2D eigenvalue weighted by Gasteiger charge is 2.29. The van der Waals surface area contributed by atoms with E-state index in [4.69, 9.17) is 9.84 Å². The first kappa shape index (κ1) is 24.0. The molecule has 0 spiro atoms. The standard InChI is InChI=1S/C26H28N4O5/c1-3-8-16(24(31)28-23-13-22(25(32)33)29-30(23)2)14-27-26(34)35-15-21-19-11-6-4-9-17(19)18-10-5-7-12-20(18)21/h4-7,9-13,16,21H,3,8,14-15H2,1-2H3,(H,27,34)(H,28,31)(H,32,33). The van der Waals surface area contributed by atoms with Crippen molar-refractivity contribution < 1.29 is 24.2 Å². The number of nitrogens with zero attached hydrogens (tertiary/aromatic N) is 2. The topological polar surface area (TPSA) is 123 Å². The van der Waals surface area contributed by atoms with E-state index < -0.39 is 18.0 Å². The van der Waals surface area contributed by atoms with E-state index in [0.717, 1.165) is 28.7 Å². The van der Waals surface area contributed by atoms with Crippen LogP contribution in [0.3, 0.4) is 0 Å². The second kappa shape index (κ2) is 10.4. The second-order valence-corrected chi connectivity index (χ2v) is 8.52. The van der Waals surface area contributed by atoms with Gasteiger partial charge in [-0.25, -0.2) is 9.59 Å². The molecule has 4 rings (SSSR count). The lowest BCUT2D eigenvalue weighted by Gasteiger charge is -2.18. The SMILES string of the molecule is CCCC(CNC(=O)OCC1c2ccccc2-c2ccccc21)C(=O)Nc1cc(C(=O)O)nn1C. The third-order valence-corrected chi connectivity index (χ3v) is 6.19. The molecule has 0 radical (unpaired) electrons. The molecule has 35 heavy (non-hydrogen) atoms. The van der Waals surface area contributed by atoms with Crippen molar-refractivity contribution >= 4 is 23.8 Å². The molecular formula is C26H28N4O5. The normalized spacial score (nSPS) is 13.0. The molecule has 1 aromatic heterocycles. The quantitative estimate of drug-likeness (QED) is 0.429. The summed E-state index contributed by atoms with van der Waals surface area (Å²) in [5.74, 6) is -1.79. The van der Waals surface area contributed by atoms with Gasteiger partial charge in [0.1, 0.15) is 12.4 Å². The highest BCUT2D eigenvalue weighted by molar-refractivity contribution is 5.94. The van der Waals surface area contributed by atoms with Crippen LogP contribution in [-0.4, -0.2) is 46.0 Å². The van der Waals surface area contributed by atoms with E-state index in [1.807, 2.05) is 31.2 Å². The maximum Gasteiger partial charge on any atom is 0.407 e. The van der Waals surface area contributed by atoms with Crippen molar-refractivity contribution in [2.45, 2.75) is 25.7 Å². The van der Waals surface area contributed by atoms with Gasteiger partial charge in [0.25, 0.3) is 0 Å². The lowest BCUT2D eigenvalue weighted by atomic mass is 9.98. The predicted octanol–water partition coefficient (Wildman–Crippen LogP) is 4.01. The Labute approximate surface area is 203 Å². The third-order valence-electron chi connectivity index (χ3n) is 6.19. The Morgan fingerprint density at radius 3 is 2.29 bits per heavy atom. The van der Waals surface area contributed by atoms with E-state index in [1.165, 1.54) is 10.7 Å². The number of aromatic nitrogens is 2. The number of aromatic carboxylic acids is 1. The fraction of sp³-hybridized carbons (Fsp3) is 0.308.